The van der Waals surface area contributed by atoms with Crippen LogP contribution in [0.25, 0.3) is 0 Å². The number of nitrogens with one attached hydrogen (secondary N) is 6. The van der Waals surface area contributed by atoms with E-state index in [9.17, 15) is 71.9 Å². The van der Waals surface area contributed by atoms with Gasteiger partial charge in [0.2, 0.25) is 35.4 Å². The van der Waals surface area contributed by atoms with E-state index in [4.69, 9.17) is 71.1 Å². The van der Waals surface area contributed by atoms with Gasteiger partial charge in [-0.15, -0.1) is 0 Å². The minimum Gasteiger partial charge on any atom is -0.463 e. The Morgan fingerprint density at radius 3 is 0.903 bits per heavy atom. The summed E-state index contributed by atoms with van der Waals surface area (Å²) in [6, 6.07) is -3.49. The molecular weight excluding hydrogens is 1370 g/mol. The highest BCUT2D eigenvalue weighted by Gasteiger charge is 2.54. The lowest BCUT2D eigenvalue weighted by Gasteiger charge is -2.44. The molecule has 0 radical (unpaired) electrons. The van der Waals surface area contributed by atoms with Gasteiger partial charge in [0.05, 0.1) is 0 Å². The molecule has 15 atom stereocenters. The number of rotatable bonds is 45. The highest BCUT2D eigenvalue weighted by molar-refractivity contribution is 5.78. The largest absolute Gasteiger partial charge is 0.463 e. The molecule has 3 rings (SSSR count). The Balaban J connectivity index is 1.59. The van der Waals surface area contributed by atoms with Crippen molar-refractivity contribution in [2.45, 2.75) is 252 Å². The summed E-state index contributed by atoms with van der Waals surface area (Å²) in [4.78, 5) is 187. The number of carbonyl (C=O) groups is 15. The topological polar surface area (TPSA) is 470 Å². The average molecular weight is 1480 g/mol. The Hall–Kier alpha value is -8.23. The van der Waals surface area contributed by atoms with Gasteiger partial charge in [0.1, 0.15) is 56.3 Å². The number of carbonyl (C=O) groups excluding carboxylic acids is 15. The van der Waals surface area contributed by atoms with Crippen LogP contribution in [0.4, 0.5) is 0 Å². The molecule has 7 unspecified atom stereocenters. The standard InChI is InChI=1S/C66H105N7O30/c1-37(74)70-55-61(98-46(10)83)58(95-43(7)80)49(34-92-40(4)77)101-64(55)89-31-16-13-22-52(86)68-27-19-25-67-26-20-29-73(54(88)24-15-18-33-91-66-57(72-39(3)76)63(100-48(12)85)60(97-45(9)82)51(103-66)36-94-42(6)79)30-21-28-69-53(87)23-14-17-32-90-65-56(71-38(2)75)62(99-47(11)84)59(96-44(8)81)50(102-65)35-93-41(5)78/h49-51,55-67H,13-36H2,1-12H3,(H,68,86)(H,69,87)(H,70,74)(H,71,75)(H,72,76)/t49?,50?,51?,55-,56-,57?,58+,59+,60+,61?,62?,63?,64-,65-,66-/m1/s1. The van der Waals surface area contributed by atoms with Crippen LogP contribution in [-0.2, 0) is 143 Å². The number of nitrogens with zero attached hydrogens (tertiary/aromatic N) is 1. The van der Waals surface area contributed by atoms with E-state index in [0.29, 0.717) is 84.0 Å². The molecule has 0 aromatic rings. The molecule has 3 saturated heterocycles. The van der Waals surface area contributed by atoms with Crippen molar-refractivity contribution in [2.24, 2.45) is 0 Å². The summed E-state index contributed by atoms with van der Waals surface area (Å²) in [7, 11) is 0. The number of unbranched alkanes of at least 4 members (excludes halogenated alkanes) is 3. The van der Waals surface area contributed by atoms with Crippen LogP contribution in [-0.4, -0.2) is 265 Å². The molecule has 0 saturated carbocycles. The van der Waals surface area contributed by atoms with Gasteiger partial charge in [0.25, 0.3) is 0 Å². The summed E-state index contributed by atoms with van der Waals surface area (Å²) in [5.41, 5.74) is 0. The van der Waals surface area contributed by atoms with E-state index < -0.39 is 183 Å². The van der Waals surface area contributed by atoms with Gasteiger partial charge in [-0.25, -0.2) is 0 Å². The fourth-order valence-corrected chi connectivity index (χ4v) is 11.2. The van der Waals surface area contributed by atoms with Crippen molar-refractivity contribution in [1.82, 2.24) is 36.8 Å². The van der Waals surface area contributed by atoms with E-state index in [2.05, 4.69) is 31.9 Å². The van der Waals surface area contributed by atoms with Gasteiger partial charge in [-0.05, 0) is 70.9 Å². The van der Waals surface area contributed by atoms with E-state index >= 15 is 0 Å². The van der Waals surface area contributed by atoms with E-state index in [-0.39, 0.29) is 69.9 Å². The molecule has 6 amide bonds. The smallest absolute Gasteiger partial charge is 0.303 e. The van der Waals surface area contributed by atoms with Crippen LogP contribution in [0, 0.1) is 0 Å². The van der Waals surface area contributed by atoms with Gasteiger partial charge in [0, 0.05) is 148 Å². The first-order valence-electron chi connectivity index (χ1n) is 34.3. The molecule has 3 fully saturated rings. The van der Waals surface area contributed by atoms with Gasteiger partial charge >= 0.3 is 53.7 Å². The van der Waals surface area contributed by atoms with Crippen LogP contribution < -0.4 is 31.9 Å². The maximum absolute atomic E-state index is 13.9. The molecule has 0 spiro atoms. The number of hydrogen-bond donors (Lipinski definition) is 6. The summed E-state index contributed by atoms with van der Waals surface area (Å²) in [6.07, 6.45) is -11.3. The lowest BCUT2D eigenvalue weighted by molar-refractivity contribution is -0.277. The van der Waals surface area contributed by atoms with Crippen molar-refractivity contribution in [3.8, 4) is 0 Å². The highest BCUT2D eigenvalue weighted by Crippen LogP contribution is 2.32. The molecule has 3 aliphatic heterocycles. The maximum Gasteiger partial charge on any atom is 0.303 e. The second-order valence-electron chi connectivity index (χ2n) is 24.5. The van der Waals surface area contributed by atoms with Crippen molar-refractivity contribution in [1.29, 1.82) is 0 Å². The van der Waals surface area contributed by atoms with Gasteiger partial charge in [-0.3, -0.25) is 71.9 Å². The second-order valence-corrected chi connectivity index (χ2v) is 24.5. The molecule has 584 valence electrons. The molecular formula is C66H105N7O30. The summed E-state index contributed by atoms with van der Waals surface area (Å²) in [5, 5.41) is 17.0. The Kier molecular flexibility index (Phi) is 41.4. The Labute approximate surface area is 598 Å². The van der Waals surface area contributed by atoms with Gasteiger partial charge < -0.3 is 108 Å². The van der Waals surface area contributed by atoms with Gasteiger partial charge in [0.15, 0.2) is 55.5 Å². The van der Waals surface area contributed by atoms with E-state index in [1.165, 1.54) is 27.7 Å². The lowest BCUT2D eigenvalue weighted by Crippen LogP contribution is -2.66. The molecule has 3 heterocycles. The Morgan fingerprint density at radius 2 is 0.602 bits per heavy atom. The molecule has 0 bridgehead atoms. The van der Waals surface area contributed by atoms with Crippen LogP contribution in [0.3, 0.4) is 0 Å². The third-order valence-electron chi connectivity index (χ3n) is 15.4. The molecule has 37 nitrogen and oxygen atoms in total. The zero-order valence-electron chi connectivity index (χ0n) is 60.8. The fourth-order valence-electron chi connectivity index (χ4n) is 11.2. The third-order valence-corrected chi connectivity index (χ3v) is 15.4. The first-order valence-corrected chi connectivity index (χ1v) is 34.3. The molecule has 0 aromatic heterocycles. The van der Waals surface area contributed by atoms with E-state index in [1.54, 1.807) is 4.90 Å². The minimum absolute atomic E-state index is 0.00663. The van der Waals surface area contributed by atoms with Crippen LogP contribution >= 0.6 is 0 Å². The zero-order valence-corrected chi connectivity index (χ0v) is 60.8. The Bertz CT molecular complexity index is 2810. The van der Waals surface area contributed by atoms with Gasteiger partial charge in [-0.2, -0.15) is 0 Å². The predicted molar refractivity (Wildman–Crippen MR) is 351 cm³/mol. The Morgan fingerprint density at radius 1 is 0.320 bits per heavy atom. The number of ether oxygens (including phenoxy) is 15. The molecule has 37 heteroatoms. The molecule has 0 aliphatic carbocycles. The van der Waals surface area contributed by atoms with E-state index in [1.807, 2.05) is 0 Å². The van der Waals surface area contributed by atoms with Crippen molar-refractivity contribution >= 4 is 89.2 Å². The number of esters is 9. The first-order chi connectivity index (χ1) is 48.8. The normalized spacial score (nSPS) is 24.2. The lowest BCUT2D eigenvalue weighted by atomic mass is 9.96. The predicted octanol–water partition coefficient (Wildman–Crippen LogP) is -0.664. The SMILES string of the molecule is CC(=O)NC1C(OC(C)=O)[C@@H](OC(C)=O)C(COC(C)=O)O[C@H]1OCCCCC(=O)N(CCCNCCCNC(=O)CCCCO[C@@H]1OC(COC(C)=O)[C@H](OC(C)=O)C(OC(C)=O)[C@H]1NC(C)=O)CCCNC(=O)CCCCO[C@@H]1OC(COC(C)=O)[C@H](OC(C)=O)C(OC(C)=O)[C@H]1NC(C)=O. The van der Waals surface area contributed by atoms with Crippen LogP contribution in [0.2, 0.25) is 0 Å². The molecule has 103 heavy (non-hydrogen) atoms. The summed E-state index contributed by atoms with van der Waals surface area (Å²) < 4.78 is 84.5. The average Bonchev–Trinajstić information content (AvgIpc) is 0.802. The van der Waals surface area contributed by atoms with Crippen molar-refractivity contribution in [3.05, 3.63) is 0 Å². The fraction of sp³-hybridized carbons (Fsp3) is 0.773. The van der Waals surface area contributed by atoms with Gasteiger partial charge in [-0.1, -0.05) is 0 Å². The maximum atomic E-state index is 13.9. The summed E-state index contributed by atoms with van der Waals surface area (Å²) in [5.74, 6) is -8.91. The highest BCUT2D eigenvalue weighted by atomic mass is 16.7. The quantitative estimate of drug-likeness (QED) is 0.0250. The van der Waals surface area contributed by atoms with Crippen molar-refractivity contribution in [3.63, 3.8) is 0 Å². The number of hydrogen-bond acceptors (Lipinski definition) is 31. The molecule has 0 aromatic carbocycles. The second kappa shape index (κ2) is 47.9. The van der Waals surface area contributed by atoms with Crippen molar-refractivity contribution < 1.29 is 143 Å². The van der Waals surface area contributed by atoms with Crippen LogP contribution in [0.5, 0.6) is 0 Å². The molecule has 3 aliphatic rings. The number of amides is 6. The van der Waals surface area contributed by atoms with Crippen LogP contribution in [0.1, 0.15) is 160 Å². The van der Waals surface area contributed by atoms with E-state index in [0.717, 1.165) is 55.4 Å². The molecule has 6 N–H and O–H groups in total. The van der Waals surface area contributed by atoms with Crippen LogP contribution in [0.15, 0.2) is 0 Å². The summed E-state index contributed by atoms with van der Waals surface area (Å²) >= 11 is 0. The first kappa shape index (κ1) is 89.0. The minimum atomic E-state index is -1.33. The third kappa shape index (κ3) is 35.7. The monoisotopic (exact) mass is 1480 g/mol. The summed E-state index contributed by atoms with van der Waals surface area (Å²) in [6.45, 7) is 14.8. The zero-order chi connectivity index (χ0) is 76.7. The van der Waals surface area contributed by atoms with Crippen molar-refractivity contribution in [2.75, 3.05) is 78.9 Å².